The summed E-state index contributed by atoms with van der Waals surface area (Å²) in [6, 6.07) is 12.7. The third-order valence-electron chi connectivity index (χ3n) is 3.50. The number of hydrogen-bond donors (Lipinski definition) is 2. The van der Waals surface area contributed by atoms with E-state index in [0.717, 1.165) is 5.69 Å². The Morgan fingerprint density at radius 3 is 1.96 bits per heavy atom. The maximum Gasteiger partial charge on any atom is 0.323 e. The number of anilines is 2. The monoisotopic (exact) mass is 314 g/mol. The van der Waals surface area contributed by atoms with Gasteiger partial charge in [0.15, 0.2) is 0 Å². The number of methoxy groups -OCH3 is 2. The van der Waals surface area contributed by atoms with Crippen molar-refractivity contribution in [1.82, 2.24) is 0 Å². The summed E-state index contributed by atoms with van der Waals surface area (Å²) >= 11 is 0. The van der Waals surface area contributed by atoms with Crippen LogP contribution in [0.5, 0.6) is 11.5 Å². The van der Waals surface area contributed by atoms with Crippen LogP contribution in [0, 0.1) is 0 Å². The molecule has 0 bridgehead atoms. The number of benzene rings is 2. The summed E-state index contributed by atoms with van der Waals surface area (Å²) < 4.78 is 10.5. The van der Waals surface area contributed by atoms with E-state index < -0.39 is 0 Å². The molecular formula is C18H22N2O3. The summed E-state index contributed by atoms with van der Waals surface area (Å²) in [5.41, 5.74) is 2.44. The van der Waals surface area contributed by atoms with Crippen molar-refractivity contribution < 1.29 is 14.3 Å². The normalized spacial score (nSPS) is 10.3. The molecule has 2 rings (SSSR count). The van der Waals surface area contributed by atoms with Gasteiger partial charge < -0.3 is 20.1 Å². The van der Waals surface area contributed by atoms with Crippen molar-refractivity contribution in [2.24, 2.45) is 0 Å². The lowest BCUT2D eigenvalue weighted by atomic mass is 10.0. The van der Waals surface area contributed by atoms with Crippen LogP contribution in [0.25, 0.3) is 0 Å². The molecule has 2 N–H and O–H groups in total. The highest BCUT2D eigenvalue weighted by atomic mass is 16.5. The minimum Gasteiger partial charge on any atom is -0.494 e. The van der Waals surface area contributed by atoms with Crippen LogP contribution in [-0.2, 0) is 0 Å². The van der Waals surface area contributed by atoms with Gasteiger partial charge in [-0.2, -0.15) is 0 Å². The topological polar surface area (TPSA) is 59.6 Å². The third-order valence-corrected chi connectivity index (χ3v) is 3.50. The van der Waals surface area contributed by atoms with E-state index in [-0.39, 0.29) is 6.03 Å². The molecule has 0 fully saturated rings. The van der Waals surface area contributed by atoms with Gasteiger partial charge in [-0.15, -0.1) is 0 Å². The molecule has 0 aliphatic rings. The van der Waals surface area contributed by atoms with Crippen LogP contribution in [0.4, 0.5) is 16.2 Å². The lowest BCUT2D eigenvalue weighted by molar-refractivity contribution is 0.262. The van der Waals surface area contributed by atoms with Crippen molar-refractivity contribution in [1.29, 1.82) is 0 Å². The number of para-hydroxylation sites is 1. The van der Waals surface area contributed by atoms with Gasteiger partial charge in [-0.05, 0) is 35.7 Å². The third kappa shape index (κ3) is 4.16. The Labute approximate surface area is 136 Å². The van der Waals surface area contributed by atoms with Gasteiger partial charge >= 0.3 is 6.03 Å². The molecule has 0 aliphatic heterocycles. The molecule has 0 aromatic heterocycles. The van der Waals surface area contributed by atoms with E-state index >= 15 is 0 Å². The highest BCUT2D eigenvalue weighted by Gasteiger charge is 2.13. The van der Waals surface area contributed by atoms with Crippen LogP contribution in [0.1, 0.15) is 25.3 Å². The van der Waals surface area contributed by atoms with E-state index in [2.05, 4.69) is 24.5 Å². The molecule has 0 heterocycles. The molecule has 0 atom stereocenters. The van der Waals surface area contributed by atoms with Gasteiger partial charge in [0.25, 0.3) is 0 Å². The van der Waals surface area contributed by atoms with Gasteiger partial charge in [-0.1, -0.05) is 32.0 Å². The molecule has 2 amide bonds. The molecule has 0 unspecified atom stereocenters. The molecule has 2 aromatic carbocycles. The predicted octanol–water partition coefficient (Wildman–Crippen LogP) is 4.47. The van der Waals surface area contributed by atoms with Crippen molar-refractivity contribution in [3.63, 3.8) is 0 Å². The number of amides is 2. The molecule has 5 heteroatoms. The van der Waals surface area contributed by atoms with Crippen LogP contribution >= 0.6 is 0 Å². The molecule has 0 radical (unpaired) electrons. The molecule has 23 heavy (non-hydrogen) atoms. The maximum absolute atomic E-state index is 12.2. The fraction of sp³-hybridized carbons (Fsp3) is 0.278. The maximum atomic E-state index is 12.2. The summed E-state index contributed by atoms with van der Waals surface area (Å²) in [6.07, 6.45) is 0. The van der Waals surface area contributed by atoms with Crippen LogP contribution in [-0.4, -0.2) is 20.3 Å². The summed E-state index contributed by atoms with van der Waals surface area (Å²) in [6.45, 7) is 4.26. The van der Waals surface area contributed by atoms with Gasteiger partial charge in [0.1, 0.15) is 17.2 Å². The molecule has 5 nitrogen and oxygen atoms in total. The number of carbonyl (C=O) groups excluding carboxylic acids is 1. The van der Waals surface area contributed by atoms with Crippen molar-refractivity contribution in [3.8, 4) is 11.5 Å². The minimum absolute atomic E-state index is 0.356. The lowest BCUT2D eigenvalue weighted by Crippen LogP contribution is -2.20. The summed E-state index contributed by atoms with van der Waals surface area (Å²) in [5.74, 6) is 1.53. The van der Waals surface area contributed by atoms with Crippen molar-refractivity contribution in [2.45, 2.75) is 19.8 Å². The van der Waals surface area contributed by atoms with E-state index in [0.29, 0.717) is 23.1 Å². The van der Waals surface area contributed by atoms with Gasteiger partial charge in [0.2, 0.25) is 0 Å². The highest BCUT2D eigenvalue weighted by molar-refractivity contribution is 6.01. The Balaban J connectivity index is 2.10. The second-order valence-corrected chi connectivity index (χ2v) is 5.39. The lowest BCUT2D eigenvalue weighted by Gasteiger charge is -2.14. The van der Waals surface area contributed by atoms with E-state index in [1.54, 1.807) is 32.4 Å². The second-order valence-electron chi connectivity index (χ2n) is 5.39. The van der Waals surface area contributed by atoms with Gasteiger partial charge in [-0.25, -0.2) is 4.79 Å². The average Bonchev–Trinajstić information content (AvgIpc) is 2.55. The zero-order valence-corrected chi connectivity index (χ0v) is 13.8. The first-order valence-corrected chi connectivity index (χ1v) is 7.44. The first kappa shape index (κ1) is 16.7. The van der Waals surface area contributed by atoms with Crippen molar-refractivity contribution >= 4 is 17.4 Å². The Morgan fingerprint density at radius 2 is 1.48 bits per heavy atom. The predicted molar refractivity (Wildman–Crippen MR) is 92.7 cm³/mol. The van der Waals surface area contributed by atoms with Gasteiger partial charge in [0, 0.05) is 5.69 Å². The standard InChI is InChI=1S/C18H22N2O3/c1-12(2)13-8-10-14(11-9-13)19-18(21)20-17-15(22-3)6-5-7-16(17)23-4/h5-12H,1-4H3,(H2,19,20,21). The largest absolute Gasteiger partial charge is 0.494 e. The summed E-state index contributed by atoms with van der Waals surface area (Å²) in [5, 5.41) is 5.56. The number of carbonyl (C=O) groups is 1. The quantitative estimate of drug-likeness (QED) is 0.856. The Bertz CT molecular complexity index is 644. The Kier molecular flexibility index (Phi) is 5.46. The first-order chi connectivity index (χ1) is 11.0. The SMILES string of the molecule is COc1cccc(OC)c1NC(=O)Nc1ccc(C(C)C)cc1. The number of nitrogens with one attached hydrogen (secondary N) is 2. The zero-order valence-electron chi connectivity index (χ0n) is 13.8. The van der Waals surface area contributed by atoms with Crippen molar-refractivity contribution in [2.75, 3.05) is 24.9 Å². The van der Waals surface area contributed by atoms with E-state index in [4.69, 9.17) is 9.47 Å². The van der Waals surface area contributed by atoms with Crippen LogP contribution in [0.2, 0.25) is 0 Å². The fourth-order valence-electron chi connectivity index (χ4n) is 2.20. The highest BCUT2D eigenvalue weighted by Crippen LogP contribution is 2.34. The molecular weight excluding hydrogens is 292 g/mol. The molecule has 0 saturated carbocycles. The number of rotatable bonds is 5. The number of ether oxygens (including phenoxy) is 2. The van der Waals surface area contributed by atoms with Crippen LogP contribution in [0.15, 0.2) is 42.5 Å². The second kappa shape index (κ2) is 7.54. The molecule has 0 aliphatic carbocycles. The smallest absolute Gasteiger partial charge is 0.323 e. The molecule has 2 aromatic rings. The van der Waals surface area contributed by atoms with Crippen molar-refractivity contribution in [3.05, 3.63) is 48.0 Å². The molecule has 0 saturated heterocycles. The number of hydrogen-bond acceptors (Lipinski definition) is 3. The van der Waals surface area contributed by atoms with E-state index in [9.17, 15) is 4.79 Å². The van der Waals surface area contributed by atoms with Crippen LogP contribution < -0.4 is 20.1 Å². The number of urea groups is 1. The van der Waals surface area contributed by atoms with Gasteiger partial charge in [0.05, 0.1) is 14.2 Å². The van der Waals surface area contributed by atoms with E-state index in [1.807, 2.05) is 24.3 Å². The average molecular weight is 314 g/mol. The summed E-state index contributed by atoms with van der Waals surface area (Å²) in [7, 11) is 3.09. The first-order valence-electron chi connectivity index (χ1n) is 7.44. The minimum atomic E-state index is -0.356. The fourth-order valence-corrected chi connectivity index (χ4v) is 2.20. The van der Waals surface area contributed by atoms with E-state index in [1.165, 1.54) is 5.56 Å². The molecule has 122 valence electrons. The Hall–Kier alpha value is -2.69. The molecule has 0 spiro atoms. The van der Waals surface area contributed by atoms with Crippen LogP contribution in [0.3, 0.4) is 0 Å². The summed E-state index contributed by atoms with van der Waals surface area (Å²) in [4.78, 5) is 12.2. The zero-order chi connectivity index (χ0) is 16.8. The van der Waals surface area contributed by atoms with Gasteiger partial charge in [-0.3, -0.25) is 0 Å². The Morgan fingerprint density at radius 1 is 0.913 bits per heavy atom.